The third kappa shape index (κ3) is 6.00. The van der Waals surface area contributed by atoms with E-state index in [1.54, 1.807) is 6.07 Å². The van der Waals surface area contributed by atoms with Gasteiger partial charge in [-0.2, -0.15) is 0 Å². The number of nitrogens with zero attached hydrogens (tertiary/aromatic N) is 3. The maximum Gasteiger partial charge on any atom is 0.270 e. The molecule has 2 N–H and O–H groups in total. The highest BCUT2D eigenvalue weighted by atomic mass is 16.5. The Balaban J connectivity index is 1.71. The van der Waals surface area contributed by atoms with E-state index in [4.69, 9.17) is 4.74 Å². The predicted molar refractivity (Wildman–Crippen MR) is 110 cm³/mol. The first-order valence-corrected chi connectivity index (χ1v) is 10.0. The molecule has 7 heteroatoms. The molecule has 0 spiro atoms. The number of carbonyl (C=O) groups is 1. The van der Waals surface area contributed by atoms with Gasteiger partial charge in [0.25, 0.3) is 5.91 Å². The monoisotopic (exact) mass is 383 g/mol. The van der Waals surface area contributed by atoms with Gasteiger partial charge in [-0.05, 0) is 6.42 Å². The van der Waals surface area contributed by atoms with Crippen molar-refractivity contribution < 1.29 is 9.53 Å². The largest absolute Gasteiger partial charge is 0.379 e. The lowest BCUT2D eigenvalue weighted by Crippen LogP contribution is -2.39. The molecule has 0 unspecified atom stereocenters. The zero-order chi connectivity index (χ0) is 19.6. The van der Waals surface area contributed by atoms with Gasteiger partial charge < -0.3 is 15.4 Å². The van der Waals surface area contributed by atoms with Gasteiger partial charge in [-0.25, -0.2) is 9.97 Å². The molecular weight excluding hydrogens is 354 g/mol. The molecule has 0 radical (unpaired) electrons. The smallest absolute Gasteiger partial charge is 0.270 e. The van der Waals surface area contributed by atoms with Crippen molar-refractivity contribution in [1.82, 2.24) is 20.2 Å². The van der Waals surface area contributed by atoms with Crippen LogP contribution in [-0.4, -0.2) is 66.7 Å². The van der Waals surface area contributed by atoms with Crippen molar-refractivity contribution >= 4 is 11.7 Å². The van der Waals surface area contributed by atoms with Gasteiger partial charge >= 0.3 is 0 Å². The van der Waals surface area contributed by atoms with E-state index < -0.39 is 0 Å². The van der Waals surface area contributed by atoms with Crippen LogP contribution < -0.4 is 10.6 Å². The van der Waals surface area contributed by atoms with Gasteiger partial charge in [0.05, 0.1) is 13.2 Å². The van der Waals surface area contributed by atoms with E-state index in [0.29, 0.717) is 23.9 Å². The van der Waals surface area contributed by atoms with Crippen LogP contribution in [-0.2, 0) is 4.74 Å². The second-order valence-corrected chi connectivity index (χ2v) is 6.82. The van der Waals surface area contributed by atoms with Crippen LogP contribution in [0, 0.1) is 0 Å². The molecule has 1 saturated heterocycles. The van der Waals surface area contributed by atoms with Crippen LogP contribution in [0.25, 0.3) is 11.4 Å². The number of rotatable bonds is 9. The molecule has 1 aliphatic heterocycles. The van der Waals surface area contributed by atoms with Crippen LogP contribution in [0.2, 0.25) is 0 Å². The van der Waals surface area contributed by atoms with Crippen LogP contribution in [0.5, 0.6) is 0 Å². The van der Waals surface area contributed by atoms with E-state index in [1.807, 2.05) is 30.3 Å². The number of aromatic nitrogens is 2. The second kappa shape index (κ2) is 10.7. The van der Waals surface area contributed by atoms with E-state index in [1.165, 1.54) is 0 Å². The summed E-state index contributed by atoms with van der Waals surface area (Å²) >= 11 is 0. The molecular formula is C21H29N5O2. The first-order valence-electron chi connectivity index (χ1n) is 10.0. The minimum absolute atomic E-state index is 0.163. The lowest BCUT2D eigenvalue weighted by molar-refractivity contribution is 0.0398. The summed E-state index contributed by atoms with van der Waals surface area (Å²) in [5.74, 6) is 1.06. The summed E-state index contributed by atoms with van der Waals surface area (Å²) in [4.78, 5) is 24.0. The molecule has 3 rings (SSSR count). The first-order chi connectivity index (χ1) is 13.8. The highest BCUT2D eigenvalue weighted by Crippen LogP contribution is 2.18. The molecule has 28 heavy (non-hydrogen) atoms. The highest BCUT2D eigenvalue weighted by Gasteiger charge is 2.14. The summed E-state index contributed by atoms with van der Waals surface area (Å²) in [6.45, 7) is 7.88. The third-order valence-corrected chi connectivity index (χ3v) is 4.64. The average Bonchev–Trinajstić information content (AvgIpc) is 2.75. The van der Waals surface area contributed by atoms with E-state index in [0.717, 1.165) is 57.8 Å². The van der Waals surface area contributed by atoms with E-state index >= 15 is 0 Å². The number of carbonyl (C=O) groups excluding carboxylic acids is 1. The Morgan fingerprint density at radius 3 is 2.68 bits per heavy atom. The van der Waals surface area contributed by atoms with Gasteiger partial charge in [0.2, 0.25) is 0 Å². The molecule has 1 amide bonds. The Kier molecular flexibility index (Phi) is 7.75. The number of hydrogen-bond donors (Lipinski definition) is 2. The molecule has 150 valence electrons. The van der Waals surface area contributed by atoms with E-state index in [2.05, 4.69) is 32.4 Å². The van der Waals surface area contributed by atoms with Gasteiger partial charge in [-0.3, -0.25) is 9.69 Å². The van der Waals surface area contributed by atoms with E-state index in [9.17, 15) is 4.79 Å². The maximum atomic E-state index is 12.5. The van der Waals surface area contributed by atoms with Crippen molar-refractivity contribution in [3.05, 3.63) is 42.1 Å². The SMILES string of the molecule is CCCCNC(=O)c1cc(NCCN2CCOCC2)nc(-c2ccccc2)n1. The zero-order valence-corrected chi connectivity index (χ0v) is 16.5. The Bertz CT molecular complexity index is 748. The molecule has 0 saturated carbocycles. The van der Waals surface area contributed by atoms with Gasteiger partial charge in [-0.1, -0.05) is 43.7 Å². The molecule has 1 aromatic carbocycles. The quantitative estimate of drug-likeness (QED) is 0.648. The number of morpholine rings is 1. The van der Waals surface area contributed by atoms with E-state index in [-0.39, 0.29) is 5.91 Å². The molecule has 1 fully saturated rings. The van der Waals surface area contributed by atoms with Crippen LogP contribution in [0.3, 0.4) is 0 Å². The van der Waals surface area contributed by atoms with Crippen LogP contribution in [0.1, 0.15) is 30.3 Å². The summed E-state index contributed by atoms with van der Waals surface area (Å²) in [6, 6.07) is 11.5. The molecule has 2 aromatic rings. The van der Waals surface area contributed by atoms with Crippen molar-refractivity contribution in [3.63, 3.8) is 0 Å². The summed E-state index contributed by atoms with van der Waals surface area (Å²) in [6.07, 6.45) is 1.99. The Labute approximate surface area is 166 Å². The van der Waals surface area contributed by atoms with Gasteiger partial charge in [0, 0.05) is 44.4 Å². The molecule has 0 aliphatic carbocycles. The number of unbranched alkanes of at least 4 members (excludes halogenated alkanes) is 1. The second-order valence-electron chi connectivity index (χ2n) is 6.82. The zero-order valence-electron chi connectivity index (χ0n) is 16.5. The molecule has 1 aliphatic rings. The van der Waals surface area contributed by atoms with Gasteiger partial charge in [0.15, 0.2) is 5.82 Å². The average molecular weight is 383 g/mol. The van der Waals surface area contributed by atoms with Gasteiger partial charge in [-0.15, -0.1) is 0 Å². The fourth-order valence-corrected chi connectivity index (χ4v) is 3.01. The van der Waals surface area contributed by atoms with Gasteiger partial charge in [0.1, 0.15) is 11.5 Å². The van der Waals surface area contributed by atoms with Crippen molar-refractivity contribution in [3.8, 4) is 11.4 Å². The summed E-state index contributed by atoms with van der Waals surface area (Å²) in [5, 5.41) is 6.29. The van der Waals surface area contributed by atoms with Crippen LogP contribution >= 0.6 is 0 Å². The van der Waals surface area contributed by atoms with Crippen molar-refractivity contribution in [2.75, 3.05) is 51.3 Å². The maximum absolute atomic E-state index is 12.5. The highest BCUT2D eigenvalue weighted by molar-refractivity contribution is 5.93. The minimum Gasteiger partial charge on any atom is -0.379 e. The number of benzene rings is 1. The fraction of sp³-hybridized carbons (Fsp3) is 0.476. The topological polar surface area (TPSA) is 79.4 Å². The molecule has 1 aromatic heterocycles. The molecule has 2 heterocycles. The Morgan fingerprint density at radius 2 is 1.93 bits per heavy atom. The Hall–Kier alpha value is -2.51. The van der Waals surface area contributed by atoms with Crippen molar-refractivity contribution in [1.29, 1.82) is 0 Å². The number of hydrogen-bond acceptors (Lipinski definition) is 6. The molecule has 7 nitrogen and oxygen atoms in total. The summed E-state index contributed by atoms with van der Waals surface area (Å²) in [5.41, 5.74) is 1.28. The molecule has 0 atom stereocenters. The lowest BCUT2D eigenvalue weighted by atomic mass is 10.2. The normalized spacial score (nSPS) is 14.6. The number of anilines is 1. The molecule has 0 bridgehead atoms. The number of amides is 1. The standard InChI is InChI=1S/C21H29N5O2/c1-2-3-9-23-21(27)18-16-19(22-10-11-26-12-14-28-15-13-26)25-20(24-18)17-7-5-4-6-8-17/h4-8,16H,2-3,9-15H2,1H3,(H,23,27)(H,22,24,25). The lowest BCUT2D eigenvalue weighted by Gasteiger charge is -2.26. The number of nitrogens with one attached hydrogen (secondary N) is 2. The van der Waals surface area contributed by atoms with Crippen molar-refractivity contribution in [2.24, 2.45) is 0 Å². The van der Waals surface area contributed by atoms with Crippen molar-refractivity contribution in [2.45, 2.75) is 19.8 Å². The predicted octanol–water partition coefficient (Wildman–Crippen LogP) is 2.42. The Morgan fingerprint density at radius 1 is 1.14 bits per heavy atom. The summed E-state index contributed by atoms with van der Waals surface area (Å²) in [7, 11) is 0. The first kappa shape index (κ1) is 20.2. The summed E-state index contributed by atoms with van der Waals surface area (Å²) < 4.78 is 5.38. The van der Waals surface area contributed by atoms with Crippen LogP contribution in [0.4, 0.5) is 5.82 Å². The minimum atomic E-state index is -0.163. The van der Waals surface area contributed by atoms with Crippen LogP contribution in [0.15, 0.2) is 36.4 Å². The number of ether oxygens (including phenoxy) is 1. The third-order valence-electron chi connectivity index (χ3n) is 4.64. The fourth-order valence-electron chi connectivity index (χ4n) is 3.01.